The number of anilines is 1. The summed E-state index contributed by atoms with van der Waals surface area (Å²) >= 11 is 0. The topological polar surface area (TPSA) is 58.6 Å². The van der Waals surface area contributed by atoms with E-state index in [9.17, 15) is 13.6 Å². The maximum Gasteiger partial charge on any atom is 0.335 e. The Hall–Kier alpha value is -1.69. The zero-order valence-corrected chi connectivity index (χ0v) is 10.3. The van der Waals surface area contributed by atoms with Crippen LogP contribution in [0.4, 0.5) is 14.5 Å². The Bertz CT molecular complexity index is 452. The van der Waals surface area contributed by atoms with E-state index >= 15 is 0 Å². The molecule has 0 unspecified atom stereocenters. The number of carboxylic acid groups (broad SMARTS) is 1. The summed E-state index contributed by atoms with van der Waals surface area (Å²) in [6, 6.07) is 1.58. The molecule has 0 heterocycles. The molecule has 0 aromatic heterocycles. The summed E-state index contributed by atoms with van der Waals surface area (Å²) in [7, 11) is 0. The van der Waals surface area contributed by atoms with Gasteiger partial charge in [-0.1, -0.05) is 0 Å². The number of hydrogen-bond acceptors (Lipinski definition) is 3. The zero-order valence-electron chi connectivity index (χ0n) is 10.3. The fourth-order valence-corrected chi connectivity index (χ4v) is 1.65. The van der Waals surface area contributed by atoms with Crippen molar-refractivity contribution < 1.29 is 23.4 Å². The lowest BCUT2D eigenvalue weighted by atomic mass is 10.2. The van der Waals surface area contributed by atoms with Crippen LogP contribution in [0.15, 0.2) is 12.1 Å². The second-order valence-electron chi connectivity index (χ2n) is 4.57. The largest absolute Gasteiger partial charge is 0.478 e. The first-order chi connectivity index (χ1) is 9.08. The Balaban J connectivity index is 1.86. The third kappa shape index (κ3) is 3.89. The number of halogens is 2. The molecule has 0 spiro atoms. The lowest BCUT2D eigenvalue weighted by Gasteiger charge is -2.10. The SMILES string of the molecule is O=C(O)c1cc(F)c(NCCOCC2CC2)c(F)c1. The molecule has 2 rings (SSSR count). The first-order valence-electron chi connectivity index (χ1n) is 6.12. The van der Waals surface area contributed by atoms with Gasteiger partial charge in [0.15, 0.2) is 0 Å². The van der Waals surface area contributed by atoms with E-state index in [4.69, 9.17) is 9.84 Å². The monoisotopic (exact) mass is 271 g/mol. The van der Waals surface area contributed by atoms with Gasteiger partial charge >= 0.3 is 5.97 Å². The van der Waals surface area contributed by atoms with Crippen LogP contribution >= 0.6 is 0 Å². The third-order valence-electron chi connectivity index (χ3n) is 2.89. The first kappa shape index (κ1) is 13.7. The molecular weight excluding hydrogens is 256 g/mol. The fourth-order valence-electron chi connectivity index (χ4n) is 1.65. The van der Waals surface area contributed by atoms with Gasteiger partial charge in [0.25, 0.3) is 0 Å². The quantitative estimate of drug-likeness (QED) is 0.748. The van der Waals surface area contributed by atoms with Crippen molar-refractivity contribution in [2.45, 2.75) is 12.8 Å². The summed E-state index contributed by atoms with van der Waals surface area (Å²) in [5, 5.41) is 11.2. The third-order valence-corrected chi connectivity index (χ3v) is 2.89. The number of ether oxygens (including phenoxy) is 1. The van der Waals surface area contributed by atoms with Gasteiger partial charge < -0.3 is 15.2 Å². The van der Waals surface area contributed by atoms with Crippen molar-refractivity contribution in [2.24, 2.45) is 5.92 Å². The van der Waals surface area contributed by atoms with Gasteiger partial charge in [-0.3, -0.25) is 0 Å². The molecule has 1 saturated carbocycles. The van der Waals surface area contributed by atoms with Crippen LogP contribution in [-0.2, 0) is 4.74 Å². The van der Waals surface area contributed by atoms with E-state index in [1.54, 1.807) is 0 Å². The maximum absolute atomic E-state index is 13.5. The summed E-state index contributed by atoms with van der Waals surface area (Å²) in [5.41, 5.74) is -0.731. The van der Waals surface area contributed by atoms with Crippen LogP contribution in [0.2, 0.25) is 0 Å². The molecule has 1 aliphatic carbocycles. The fraction of sp³-hybridized carbons (Fsp3) is 0.462. The second-order valence-corrected chi connectivity index (χ2v) is 4.57. The minimum atomic E-state index is -1.36. The van der Waals surface area contributed by atoms with E-state index in [-0.39, 0.29) is 12.2 Å². The van der Waals surface area contributed by atoms with Gasteiger partial charge in [-0.15, -0.1) is 0 Å². The van der Waals surface area contributed by atoms with Crippen molar-refractivity contribution in [1.82, 2.24) is 0 Å². The van der Waals surface area contributed by atoms with Gasteiger partial charge in [-0.2, -0.15) is 0 Å². The predicted octanol–water partition coefficient (Wildman–Crippen LogP) is 2.50. The van der Waals surface area contributed by atoms with Crippen molar-refractivity contribution in [3.63, 3.8) is 0 Å². The van der Waals surface area contributed by atoms with Crippen LogP contribution in [0.25, 0.3) is 0 Å². The van der Waals surface area contributed by atoms with E-state index < -0.39 is 23.2 Å². The van der Waals surface area contributed by atoms with Crippen molar-refractivity contribution >= 4 is 11.7 Å². The highest BCUT2D eigenvalue weighted by molar-refractivity contribution is 5.88. The number of benzene rings is 1. The van der Waals surface area contributed by atoms with E-state index in [0.717, 1.165) is 12.1 Å². The number of hydrogen-bond donors (Lipinski definition) is 2. The summed E-state index contributed by atoms with van der Waals surface area (Å²) in [4.78, 5) is 10.6. The van der Waals surface area contributed by atoms with E-state index in [1.165, 1.54) is 12.8 Å². The van der Waals surface area contributed by atoms with Crippen LogP contribution in [0.5, 0.6) is 0 Å². The molecular formula is C13H15F2NO3. The molecule has 0 radical (unpaired) electrons. The molecule has 6 heteroatoms. The smallest absolute Gasteiger partial charge is 0.335 e. The van der Waals surface area contributed by atoms with Gasteiger partial charge in [-0.25, -0.2) is 13.6 Å². The van der Waals surface area contributed by atoms with Gasteiger partial charge in [-0.05, 0) is 30.9 Å². The van der Waals surface area contributed by atoms with Gasteiger partial charge in [0.2, 0.25) is 0 Å². The van der Waals surface area contributed by atoms with Crippen LogP contribution in [-0.4, -0.2) is 30.8 Å². The van der Waals surface area contributed by atoms with E-state index in [1.807, 2.05) is 0 Å². The molecule has 1 aliphatic rings. The van der Waals surface area contributed by atoms with Crippen molar-refractivity contribution in [3.8, 4) is 0 Å². The van der Waals surface area contributed by atoms with Crippen LogP contribution in [0.3, 0.4) is 0 Å². The van der Waals surface area contributed by atoms with Gasteiger partial charge in [0, 0.05) is 13.2 Å². The minimum Gasteiger partial charge on any atom is -0.478 e. The number of aromatic carboxylic acids is 1. The molecule has 0 aliphatic heterocycles. The van der Waals surface area contributed by atoms with Crippen LogP contribution < -0.4 is 5.32 Å². The Kier molecular flexibility index (Phi) is 4.31. The Morgan fingerprint density at radius 1 is 1.37 bits per heavy atom. The Morgan fingerprint density at radius 3 is 2.53 bits per heavy atom. The molecule has 0 saturated heterocycles. The molecule has 0 amide bonds. The average Bonchev–Trinajstić information content (AvgIpc) is 3.15. The number of carbonyl (C=O) groups is 1. The number of rotatable bonds is 7. The molecule has 1 fully saturated rings. The van der Waals surface area contributed by atoms with Crippen molar-refractivity contribution in [2.75, 3.05) is 25.1 Å². The van der Waals surface area contributed by atoms with Crippen molar-refractivity contribution in [1.29, 1.82) is 0 Å². The zero-order chi connectivity index (χ0) is 13.8. The summed E-state index contributed by atoms with van der Waals surface area (Å²) in [5.74, 6) is -2.56. The van der Waals surface area contributed by atoms with Crippen molar-refractivity contribution in [3.05, 3.63) is 29.3 Å². The average molecular weight is 271 g/mol. The Labute approximate surface area is 109 Å². The highest BCUT2D eigenvalue weighted by Crippen LogP contribution is 2.28. The molecule has 4 nitrogen and oxygen atoms in total. The van der Waals surface area contributed by atoms with Gasteiger partial charge in [0.1, 0.15) is 17.3 Å². The highest BCUT2D eigenvalue weighted by Gasteiger charge is 2.21. The van der Waals surface area contributed by atoms with Crippen LogP contribution in [0.1, 0.15) is 23.2 Å². The molecule has 0 bridgehead atoms. The normalized spacial score (nSPS) is 14.4. The summed E-state index contributed by atoms with van der Waals surface area (Å²) in [6.45, 7) is 1.31. The molecule has 2 N–H and O–H groups in total. The summed E-state index contributed by atoms with van der Waals surface area (Å²) < 4.78 is 32.3. The standard InChI is InChI=1S/C13H15F2NO3/c14-10-5-9(13(17)18)6-11(15)12(10)16-3-4-19-7-8-1-2-8/h5-6,8,16H,1-4,7H2,(H,17,18). The lowest BCUT2D eigenvalue weighted by Crippen LogP contribution is -2.13. The minimum absolute atomic E-state index is 0.271. The number of nitrogens with one attached hydrogen (secondary N) is 1. The maximum atomic E-state index is 13.5. The first-order valence-corrected chi connectivity index (χ1v) is 6.12. The lowest BCUT2D eigenvalue weighted by molar-refractivity contribution is 0.0696. The summed E-state index contributed by atoms with van der Waals surface area (Å²) in [6.07, 6.45) is 2.38. The molecule has 1 aromatic rings. The van der Waals surface area contributed by atoms with E-state index in [2.05, 4.69) is 5.32 Å². The van der Waals surface area contributed by atoms with E-state index in [0.29, 0.717) is 19.1 Å². The molecule has 1 aromatic carbocycles. The molecule has 0 atom stereocenters. The van der Waals surface area contributed by atoms with Gasteiger partial charge in [0.05, 0.1) is 12.2 Å². The Morgan fingerprint density at radius 2 is 2.00 bits per heavy atom. The second kappa shape index (κ2) is 5.97. The molecule has 104 valence electrons. The predicted molar refractivity (Wildman–Crippen MR) is 65.4 cm³/mol. The van der Waals surface area contributed by atoms with Crippen LogP contribution in [0, 0.1) is 17.6 Å². The number of carboxylic acids is 1. The highest BCUT2D eigenvalue weighted by atomic mass is 19.1. The molecule has 19 heavy (non-hydrogen) atoms.